The highest BCUT2D eigenvalue weighted by molar-refractivity contribution is 5.93. The zero-order valence-corrected chi connectivity index (χ0v) is 16.6. The summed E-state index contributed by atoms with van der Waals surface area (Å²) < 4.78 is 0. The second kappa shape index (κ2) is 13.0. The van der Waals surface area contributed by atoms with Gasteiger partial charge in [-0.25, -0.2) is 0 Å². The molecule has 0 radical (unpaired) electrons. The van der Waals surface area contributed by atoms with E-state index >= 15 is 0 Å². The fourth-order valence-corrected chi connectivity index (χ4v) is 2.31. The summed E-state index contributed by atoms with van der Waals surface area (Å²) in [6.45, 7) is 4.59. The van der Waals surface area contributed by atoms with Crippen molar-refractivity contribution in [1.82, 2.24) is 16.0 Å². The number of aliphatic carboxylic acids is 1. The summed E-state index contributed by atoms with van der Waals surface area (Å²) in [5, 5.41) is 25.4. The highest BCUT2D eigenvalue weighted by Crippen LogP contribution is 2.06. The first-order chi connectivity index (χ1) is 13.0. The molecule has 162 valence electrons. The van der Waals surface area contributed by atoms with Gasteiger partial charge in [0, 0.05) is 0 Å². The Kier molecular flexibility index (Phi) is 12.0. The molecule has 3 amide bonds. The molecule has 0 aromatic heterocycles. The van der Waals surface area contributed by atoms with Crippen LogP contribution in [-0.4, -0.2) is 71.2 Å². The summed E-state index contributed by atoms with van der Waals surface area (Å²) in [5.41, 5.74) is 11.1. The van der Waals surface area contributed by atoms with Crippen LogP contribution in [0.15, 0.2) is 0 Å². The van der Waals surface area contributed by atoms with E-state index < -0.39 is 54.5 Å². The number of rotatable bonds is 13. The molecular formula is C17H33N5O6. The van der Waals surface area contributed by atoms with Crippen molar-refractivity contribution < 1.29 is 29.4 Å². The zero-order valence-electron chi connectivity index (χ0n) is 16.6. The molecule has 11 heteroatoms. The van der Waals surface area contributed by atoms with Gasteiger partial charge in [0.25, 0.3) is 0 Å². The van der Waals surface area contributed by atoms with Crippen LogP contribution >= 0.6 is 0 Å². The molecule has 0 fully saturated rings. The number of carbonyl (C=O) groups is 4. The monoisotopic (exact) mass is 403 g/mol. The molecule has 4 atom stereocenters. The van der Waals surface area contributed by atoms with E-state index in [0.29, 0.717) is 19.4 Å². The molecule has 28 heavy (non-hydrogen) atoms. The second-order valence-corrected chi connectivity index (χ2v) is 6.95. The molecular weight excluding hydrogens is 370 g/mol. The van der Waals surface area contributed by atoms with Crippen LogP contribution in [0.1, 0.15) is 40.0 Å². The Balaban J connectivity index is 5.17. The molecule has 0 saturated heterocycles. The average Bonchev–Trinajstić information content (AvgIpc) is 2.61. The van der Waals surface area contributed by atoms with Crippen LogP contribution in [0.2, 0.25) is 0 Å². The first-order valence-electron chi connectivity index (χ1n) is 9.25. The van der Waals surface area contributed by atoms with Gasteiger partial charge in [-0.3, -0.25) is 19.2 Å². The summed E-state index contributed by atoms with van der Waals surface area (Å²) in [4.78, 5) is 47.6. The van der Waals surface area contributed by atoms with Crippen molar-refractivity contribution in [2.24, 2.45) is 17.4 Å². The number of hydrogen-bond acceptors (Lipinski definition) is 7. The van der Waals surface area contributed by atoms with Crippen LogP contribution in [0.25, 0.3) is 0 Å². The number of hydrogen-bond donors (Lipinski definition) is 7. The van der Waals surface area contributed by atoms with E-state index in [1.807, 2.05) is 0 Å². The summed E-state index contributed by atoms with van der Waals surface area (Å²) in [6.07, 6.45) is 0.353. The predicted molar refractivity (Wildman–Crippen MR) is 102 cm³/mol. The van der Waals surface area contributed by atoms with E-state index in [1.54, 1.807) is 13.8 Å². The maximum atomic E-state index is 12.7. The lowest BCUT2D eigenvalue weighted by molar-refractivity contribution is -0.139. The number of carboxylic acids is 1. The Morgan fingerprint density at radius 3 is 2.04 bits per heavy atom. The number of nitrogens with two attached hydrogens (primary N) is 2. The minimum absolute atomic E-state index is 0.267. The van der Waals surface area contributed by atoms with Crippen LogP contribution in [0, 0.1) is 5.92 Å². The molecule has 0 bridgehead atoms. The van der Waals surface area contributed by atoms with Gasteiger partial charge in [0.2, 0.25) is 17.7 Å². The highest BCUT2D eigenvalue weighted by atomic mass is 16.4. The molecule has 11 nitrogen and oxygen atoms in total. The van der Waals surface area contributed by atoms with E-state index in [2.05, 4.69) is 16.0 Å². The highest BCUT2D eigenvalue weighted by Gasteiger charge is 2.30. The number of carbonyl (C=O) groups excluding carboxylic acids is 3. The first kappa shape index (κ1) is 25.8. The van der Waals surface area contributed by atoms with Crippen molar-refractivity contribution in [3.8, 4) is 0 Å². The van der Waals surface area contributed by atoms with Crippen molar-refractivity contribution in [3.05, 3.63) is 0 Å². The molecule has 0 rings (SSSR count). The molecule has 0 aliphatic heterocycles. The molecule has 0 aliphatic rings. The minimum Gasteiger partial charge on any atom is -0.480 e. The molecule has 0 aromatic rings. The maximum Gasteiger partial charge on any atom is 0.322 e. The number of carboxylic acid groups (broad SMARTS) is 1. The standard InChI is InChI=1S/C17H33N5O6/c1-9(2)14(17(28)20-8-12(24)25)22-15(26)11(6-4-5-7-18)21-16(27)13(19)10(3)23/h9-11,13-14,23H,4-8,18-19H2,1-3H3,(H,20,28)(H,21,27)(H,22,26)(H,24,25). The molecule has 0 heterocycles. The SMILES string of the molecule is CC(C)C(NC(=O)C(CCCCN)NC(=O)C(N)C(C)O)C(=O)NCC(=O)O. The molecule has 0 saturated carbocycles. The van der Waals surface area contributed by atoms with Gasteiger partial charge < -0.3 is 37.6 Å². The van der Waals surface area contributed by atoms with Gasteiger partial charge in [-0.05, 0) is 38.6 Å². The Labute approximate surface area is 164 Å². The minimum atomic E-state index is -1.21. The summed E-state index contributed by atoms with van der Waals surface area (Å²) in [5.74, 6) is -3.47. The lowest BCUT2D eigenvalue weighted by Gasteiger charge is -2.26. The van der Waals surface area contributed by atoms with Gasteiger partial charge in [-0.15, -0.1) is 0 Å². The van der Waals surface area contributed by atoms with Crippen molar-refractivity contribution in [2.45, 2.75) is 64.3 Å². The van der Waals surface area contributed by atoms with Crippen molar-refractivity contribution in [2.75, 3.05) is 13.1 Å². The van der Waals surface area contributed by atoms with Crippen molar-refractivity contribution in [3.63, 3.8) is 0 Å². The van der Waals surface area contributed by atoms with Gasteiger partial charge in [0.1, 0.15) is 24.7 Å². The second-order valence-electron chi connectivity index (χ2n) is 6.95. The van der Waals surface area contributed by atoms with Gasteiger partial charge in [-0.1, -0.05) is 13.8 Å². The Hall–Kier alpha value is -2.24. The largest absolute Gasteiger partial charge is 0.480 e. The molecule has 9 N–H and O–H groups in total. The van der Waals surface area contributed by atoms with Crippen LogP contribution in [0.4, 0.5) is 0 Å². The zero-order chi connectivity index (χ0) is 21.9. The van der Waals surface area contributed by atoms with Crippen LogP contribution in [0.5, 0.6) is 0 Å². The summed E-state index contributed by atoms with van der Waals surface area (Å²) >= 11 is 0. The lowest BCUT2D eigenvalue weighted by Crippen LogP contribution is -2.58. The predicted octanol–water partition coefficient (Wildman–Crippen LogP) is -2.35. The topological polar surface area (TPSA) is 197 Å². The van der Waals surface area contributed by atoms with E-state index in [1.165, 1.54) is 6.92 Å². The number of amides is 3. The molecule has 4 unspecified atom stereocenters. The van der Waals surface area contributed by atoms with E-state index in [0.717, 1.165) is 0 Å². The number of aliphatic hydroxyl groups excluding tert-OH is 1. The normalized spacial score (nSPS) is 15.2. The number of aliphatic hydroxyl groups is 1. The summed E-state index contributed by atoms with van der Waals surface area (Å²) in [7, 11) is 0. The van der Waals surface area contributed by atoms with E-state index in [-0.39, 0.29) is 12.3 Å². The van der Waals surface area contributed by atoms with Gasteiger partial charge >= 0.3 is 5.97 Å². The Morgan fingerprint density at radius 2 is 1.57 bits per heavy atom. The fraction of sp³-hybridized carbons (Fsp3) is 0.765. The van der Waals surface area contributed by atoms with Crippen LogP contribution in [-0.2, 0) is 19.2 Å². The first-order valence-corrected chi connectivity index (χ1v) is 9.25. The summed E-state index contributed by atoms with van der Waals surface area (Å²) in [6, 6.07) is -3.16. The van der Waals surface area contributed by atoms with Gasteiger partial charge in [0.05, 0.1) is 6.10 Å². The lowest BCUT2D eigenvalue weighted by atomic mass is 10.0. The Bertz CT molecular complexity index is 540. The third-order valence-corrected chi connectivity index (χ3v) is 4.06. The molecule has 0 spiro atoms. The Morgan fingerprint density at radius 1 is 0.964 bits per heavy atom. The van der Waals surface area contributed by atoms with E-state index in [4.69, 9.17) is 16.6 Å². The third kappa shape index (κ3) is 9.62. The average molecular weight is 403 g/mol. The third-order valence-electron chi connectivity index (χ3n) is 4.06. The molecule has 0 aliphatic carbocycles. The maximum absolute atomic E-state index is 12.7. The number of unbranched alkanes of at least 4 members (excludes halogenated alkanes) is 1. The smallest absolute Gasteiger partial charge is 0.322 e. The van der Waals surface area contributed by atoms with Gasteiger partial charge in [-0.2, -0.15) is 0 Å². The van der Waals surface area contributed by atoms with Crippen LogP contribution < -0.4 is 27.4 Å². The van der Waals surface area contributed by atoms with Crippen molar-refractivity contribution >= 4 is 23.7 Å². The van der Waals surface area contributed by atoms with Crippen LogP contribution in [0.3, 0.4) is 0 Å². The van der Waals surface area contributed by atoms with Crippen molar-refractivity contribution in [1.29, 1.82) is 0 Å². The molecule has 0 aromatic carbocycles. The quantitative estimate of drug-likeness (QED) is 0.166. The number of nitrogens with one attached hydrogen (secondary N) is 3. The fourth-order valence-electron chi connectivity index (χ4n) is 2.31. The van der Waals surface area contributed by atoms with Gasteiger partial charge in [0.15, 0.2) is 0 Å². The van der Waals surface area contributed by atoms with E-state index in [9.17, 15) is 24.3 Å².